The van der Waals surface area contributed by atoms with E-state index in [9.17, 15) is 0 Å². The van der Waals surface area contributed by atoms with E-state index in [-0.39, 0.29) is 6.17 Å². The van der Waals surface area contributed by atoms with Gasteiger partial charge in [-0.3, -0.25) is 5.32 Å². The Balaban J connectivity index is 3.01. The Morgan fingerprint density at radius 1 is 1.36 bits per heavy atom. The summed E-state index contributed by atoms with van der Waals surface area (Å²) in [7, 11) is 0. The average Bonchev–Trinajstić information content (AvgIpc) is 2.04. The largest absolute Gasteiger partial charge is 0.313 e. The summed E-state index contributed by atoms with van der Waals surface area (Å²) in [6.45, 7) is 8.18. The lowest BCUT2D eigenvalue weighted by atomic mass is 10.2. The third kappa shape index (κ3) is 7.30. The lowest BCUT2D eigenvalue weighted by molar-refractivity contribution is 0.577. The molecule has 0 amide bonds. The lowest BCUT2D eigenvalue weighted by Gasteiger charge is -2.07. The van der Waals surface area contributed by atoms with E-state index < -0.39 is 0 Å². The minimum absolute atomic E-state index is 0.0567. The topological polar surface area (TPSA) is 38.0 Å². The normalized spacial score (nSPS) is 12.5. The van der Waals surface area contributed by atoms with Crippen molar-refractivity contribution >= 4 is 0 Å². The first-order chi connectivity index (χ1) is 5.31. The molecule has 1 atom stereocenters. The van der Waals surface area contributed by atoms with Gasteiger partial charge in [0.1, 0.15) is 0 Å². The molecule has 3 N–H and O–H groups in total. The van der Waals surface area contributed by atoms with Gasteiger partial charge in [-0.05, 0) is 25.8 Å². The molecule has 2 nitrogen and oxygen atoms in total. The molecule has 1 unspecified atom stereocenters. The van der Waals surface area contributed by atoms with Crippen LogP contribution in [0, 0.1) is 0 Å². The number of hydrogen-bond donors (Lipinski definition) is 2. The van der Waals surface area contributed by atoms with Gasteiger partial charge in [0, 0.05) is 0 Å². The predicted molar refractivity (Wildman–Crippen MR) is 50.2 cm³/mol. The SMILES string of the molecule is C=CCCCCNC(N)C=C. The number of hydrogen-bond acceptors (Lipinski definition) is 2. The smallest absolute Gasteiger partial charge is 0.0736 e. The highest BCUT2D eigenvalue weighted by Gasteiger charge is 1.92. The molecule has 0 aliphatic carbocycles. The summed E-state index contributed by atoms with van der Waals surface area (Å²) in [6, 6.07) is 0. The summed E-state index contributed by atoms with van der Waals surface area (Å²) < 4.78 is 0. The molecule has 11 heavy (non-hydrogen) atoms. The molecule has 64 valence electrons. The molecule has 0 rings (SSSR count). The van der Waals surface area contributed by atoms with Crippen LogP contribution in [0.25, 0.3) is 0 Å². The van der Waals surface area contributed by atoms with E-state index in [1.807, 2.05) is 6.08 Å². The fourth-order valence-corrected chi connectivity index (χ4v) is 0.766. The Morgan fingerprint density at radius 2 is 2.09 bits per heavy atom. The van der Waals surface area contributed by atoms with Crippen LogP contribution in [0.5, 0.6) is 0 Å². The predicted octanol–water partition coefficient (Wildman–Crippen LogP) is 1.40. The number of rotatable bonds is 7. The minimum Gasteiger partial charge on any atom is -0.313 e. The maximum absolute atomic E-state index is 5.54. The van der Waals surface area contributed by atoms with Crippen LogP contribution in [-0.4, -0.2) is 12.7 Å². The van der Waals surface area contributed by atoms with Crippen LogP contribution in [0.2, 0.25) is 0 Å². The fraction of sp³-hybridized carbons (Fsp3) is 0.556. The highest BCUT2D eigenvalue weighted by molar-refractivity contribution is 4.79. The van der Waals surface area contributed by atoms with Crippen molar-refractivity contribution in [3.63, 3.8) is 0 Å². The molecule has 2 heteroatoms. The van der Waals surface area contributed by atoms with E-state index in [0.29, 0.717) is 0 Å². The maximum atomic E-state index is 5.54. The summed E-state index contributed by atoms with van der Waals surface area (Å²) in [4.78, 5) is 0. The Hall–Kier alpha value is -0.600. The molecule has 0 fully saturated rings. The molecular formula is C9H18N2. The van der Waals surface area contributed by atoms with Crippen molar-refractivity contribution < 1.29 is 0 Å². The highest BCUT2D eigenvalue weighted by atomic mass is 15.0. The molecule has 0 aromatic heterocycles. The van der Waals surface area contributed by atoms with Gasteiger partial charge < -0.3 is 5.73 Å². The van der Waals surface area contributed by atoms with Gasteiger partial charge in [0.05, 0.1) is 6.17 Å². The van der Waals surface area contributed by atoms with Gasteiger partial charge in [-0.1, -0.05) is 12.2 Å². The Labute approximate surface area is 69.2 Å². The molecule has 0 heterocycles. The quantitative estimate of drug-likeness (QED) is 0.330. The summed E-state index contributed by atoms with van der Waals surface area (Å²) >= 11 is 0. The van der Waals surface area contributed by atoms with Crippen LogP contribution in [0.1, 0.15) is 19.3 Å². The third-order valence-electron chi connectivity index (χ3n) is 1.47. The molecule has 0 saturated heterocycles. The first-order valence-electron chi connectivity index (χ1n) is 4.03. The third-order valence-corrected chi connectivity index (χ3v) is 1.47. The fourth-order valence-electron chi connectivity index (χ4n) is 0.766. The van der Waals surface area contributed by atoms with E-state index >= 15 is 0 Å². The summed E-state index contributed by atoms with van der Waals surface area (Å²) in [5, 5.41) is 3.12. The molecule has 0 aromatic rings. The zero-order valence-electron chi connectivity index (χ0n) is 7.05. The van der Waals surface area contributed by atoms with Gasteiger partial charge >= 0.3 is 0 Å². The molecule has 0 aliphatic rings. The van der Waals surface area contributed by atoms with Crippen LogP contribution in [0.3, 0.4) is 0 Å². The molecule has 0 saturated carbocycles. The van der Waals surface area contributed by atoms with Crippen LogP contribution in [-0.2, 0) is 0 Å². The van der Waals surface area contributed by atoms with Crippen molar-refractivity contribution in [2.45, 2.75) is 25.4 Å². The minimum atomic E-state index is -0.0567. The molecular weight excluding hydrogens is 136 g/mol. The second-order valence-corrected chi connectivity index (χ2v) is 2.50. The molecule has 0 spiro atoms. The van der Waals surface area contributed by atoms with E-state index in [4.69, 9.17) is 5.73 Å². The van der Waals surface area contributed by atoms with Gasteiger partial charge in [-0.25, -0.2) is 0 Å². The molecule has 0 aromatic carbocycles. The van der Waals surface area contributed by atoms with Crippen molar-refractivity contribution in [3.8, 4) is 0 Å². The first kappa shape index (κ1) is 10.4. The number of allylic oxidation sites excluding steroid dienone is 1. The van der Waals surface area contributed by atoms with Crippen LogP contribution in [0.15, 0.2) is 25.3 Å². The lowest BCUT2D eigenvalue weighted by Crippen LogP contribution is -2.35. The van der Waals surface area contributed by atoms with E-state index in [0.717, 1.165) is 19.4 Å². The Bertz CT molecular complexity index is 110. The average molecular weight is 154 g/mol. The van der Waals surface area contributed by atoms with Crippen molar-refractivity contribution in [1.82, 2.24) is 5.32 Å². The van der Waals surface area contributed by atoms with Gasteiger partial charge in [0.2, 0.25) is 0 Å². The Morgan fingerprint density at radius 3 is 2.64 bits per heavy atom. The number of nitrogens with two attached hydrogens (primary N) is 1. The zero-order valence-corrected chi connectivity index (χ0v) is 7.05. The second kappa shape index (κ2) is 7.51. The molecule has 0 bridgehead atoms. The second-order valence-electron chi connectivity index (χ2n) is 2.50. The first-order valence-corrected chi connectivity index (χ1v) is 4.03. The van der Waals surface area contributed by atoms with Crippen molar-refractivity contribution in [2.24, 2.45) is 5.73 Å². The molecule has 0 aliphatic heterocycles. The summed E-state index contributed by atoms with van der Waals surface area (Å²) in [5.41, 5.74) is 5.54. The number of unbranched alkanes of at least 4 members (excludes halogenated alkanes) is 2. The monoisotopic (exact) mass is 154 g/mol. The van der Waals surface area contributed by atoms with Gasteiger partial charge in [-0.15, -0.1) is 13.2 Å². The van der Waals surface area contributed by atoms with Gasteiger partial charge in [-0.2, -0.15) is 0 Å². The van der Waals surface area contributed by atoms with E-state index in [2.05, 4.69) is 18.5 Å². The Kier molecular flexibility index (Phi) is 7.10. The van der Waals surface area contributed by atoms with Gasteiger partial charge in [0.25, 0.3) is 0 Å². The number of nitrogens with one attached hydrogen (secondary N) is 1. The standard InChI is InChI=1S/C9H18N2/c1-3-5-6-7-8-11-9(10)4-2/h3-4,9,11H,1-2,5-8,10H2. The van der Waals surface area contributed by atoms with Crippen molar-refractivity contribution in [1.29, 1.82) is 0 Å². The van der Waals surface area contributed by atoms with E-state index in [1.54, 1.807) is 6.08 Å². The van der Waals surface area contributed by atoms with Crippen LogP contribution < -0.4 is 11.1 Å². The summed E-state index contributed by atoms with van der Waals surface area (Å²) in [5.74, 6) is 0. The van der Waals surface area contributed by atoms with Gasteiger partial charge in [0.15, 0.2) is 0 Å². The maximum Gasteiger partial charge on any atom is 0.0736 e. The van der Waals surface area contributed by atoms with Crippen molar-refractivity contribution in [3.05, 3.63) is 25.3 Å². The zero-order chi connectivity index (χ0) is 8.53. The summed E-state index contributed by atoms with van der Waals surface area (Å²) in [6.07, 6.45) is 7.00. The highest BCUT2D eigenvalue weighted by Crippen LogP contribution is 1.93. The molecule has 0 radical (unpaired) electrons. The van der Waals surface area contributed by atoms with E-state index in [1.165, 1.54) is 6.42 Å². The van der Waals surface area contributed by atoms with Crippen LogP contribution >= 0.6 is 0 Å². The van der Waals surface area contributed by atoms with Crippen molar-refractivity contribution in [2.75, 3.05) is 6.54 Å². The van der Waals surface area contributed by atoms with Crippen LogP contribution in [0.4, 0.5) is 0 Å².